The van der Waals surface area contributed by atoms with Gasteiger partial charge in [-0.1, -0.05) is 42.5 Å². The summed E-state index contributed by atoms with van der Waals surface area (Å²) in [7, 11) is 1.54. The summed E-state index contributed by atoms with van der Waals surface area (Å²) in [5.74, 6) is -0.424. The predicted molar refractivity (Wildman–Crippen MR) is 100 cm³/mol. The first-order valence-electron chi connectivity index (χ1n) is 8.56. The van der Waals surface area contributed by atoms with Crippen LogP contribution in [0.2, 0.25) is 0 Å². The number of rotatable bonds is 2. The highest BCUT2D eigenvalue weighted by Crippen LogP contribution is 2.21. The average Bonchev–Trinajstić information content (AvgIpc) is 2.69. The van der Waals surface area contributed by atoms with E-state index in [1.807, 2.05) is 18.2 Å². The molecule has 1 amide bonds. The number of amides is 1. The average molecular weight is 346 g/mol. The van der Waals surface area contributed by atoms with Gasteiger partial charge in [-0.15, -0.1) is 0 Å². The molecule has 1 aliphatic carbocycles. The lowest BCUT2D eigenvalue weighted by atomic mass is 9.90. The van der Waals surface area contributed by atoms with Gasteiger partial charge in [-0.3, -0.25) is 9.59 Å². The molecule has 1 aliphatic rings. The van der Waals surface area contributed by atoms with E-state index in [1.165, 1.54) is 17.3 Å². The van der Waals surface area contributed by atoms with Crippen LogP contribution >= 0.6 is 0 Å². The van der Waals surface area contributed by atoms with E-state index in [0.29, 0.717) is 10.8 Å². The second kappa shape index (κ2) is 6.55. The van der Waals surface area contributed by atoms with Gasteiger partial charge in [0, 0.05) is 18.0 Å². The number of nitrogens with one attached hydrogen (secondary N) is 1. The molecule has 1 heterocycles. The number of fused-ring (bicyclic) bond motifs is 2. The van der Waals surface area contributed by atoms with Crippen molar-refractivity contribution in [2.75, 3.05) is 0 Å². The van der Waals surface area contributed by atoms with E-state index in [4.69, 9.17) is 0 Å². The van der Waals surface area contributed by atoms with Crippen LogP contribution in [0.25, 0.3) is 10.8 Å². The van der Waals surface area contributed by atoms with E-state index in [9.17, 15) is 9.59 Å². The van der Waals surface area contributed by atoms with Crippen molar-refractivity contribution in [3.05, 3.63) is 75.7 Å². The fourth-order valence-corrected chi connectivity index (χ4v) is 3.36. The van der Waals surface area contributed by atoms with Crippen molar-refractivity contribution in [2.24, 2.45) is 12.1 Å². The van der Waals surface area contributed by atoms with Crippen LogP contribution < -0.4 is 11.0 Å². The minimum Gasteiger partial charge on any atom is -0.267 e. The molecule has 0 radical (unpaired) electrons. The van der Waals surface area contributed by atoms with Gasteiger partial charge in [0.2, 0.25) is 0 Å². The number of nitrogens with zero attached hydrogens (tertiary/aromatic N) is 3. The summed E-state index contributed by atoms with van der Waals surface area (Å²) >= 11 is 0. The third-order valence-electron chi connectivity index (χ3n) is 4.65. The van der Waals surface area contributed by atoms with Crippen molar-refractivity contribution in [1.29, 1.82) is 0 Å². The van der Waals surface area contributed by atoms with E-state index in [0.717, 1.165) is 30.5 Å². The zero-order valence-electron chi connectivity index (χ0n) is 14.4. The molecule has 130 valence electrons. The molecule has 3 aromatic rings. The predicted octanol–water partition coefficient (Wildman–Crippen LogP) is 2.40. The zero-order chi connectivity index (χ0) is 18.1. The molecule has 0 saturated heterocycles. The van der Waals surface area contributed by atoms with E-state index >= 15 is 0 Å². The van der Waals surface area contributed by atoms with Gasteiger partial charge in [0.05, 0.1) is 11.1 Å². The van der Waals surface area contributed by atoms with Crippen molar-refractivity contribution in [3.8, 4) is 0 Å². The third-order valence-corrected chi connectivity index (χ3v) is 4.65. The number of hydrogen-bond donors (Lipinski definition) is 1. The highest BCUT2D eigenvalue weighted by atomic mass is 16.2. The highest BCUT2D eigenvalue weighted by molar-refractivity contribution is 6.07. The lowest BCUT2D eigenvalue weighted by Crippen LogP contribution is -2.28. The first-order chi connectivity index (χ1) is 12.6. The molecule has 0 spiro atoms. The van der Waals surface area contributed by atoms with Gasteiger partial charge in [-0.25, -0.2) is 10.1 Å². The van der Waals surface area contributed by atoms with Gasteiger partial charge >= 0.3 is 0 Å². The molecule has 0 atom stereocenters. The number of aryl methyl sites for hydroxylation is 2. The standard InChI is InChI=1S/C20H18N4O2/c1-24-20(26)16-11-5-4-10-15(16)18(23-24)19(25)22-21-17-12-6-8-13-7-2-3-9-14(13)17/h2-5,7,9-11H,6,8,12H2,1H3,(H,22,25)/b21-17+. The summed E-state index contributed by atoms with van der Waals surface area (Å²) in [5, 5.41) is 9.47. The summed E-state index contributed by atoms with van der Waals surface area (Å²) in [6, 6.07) is 15.1. The Balaban J connectivity index is 1.70. The van der Waals surface area contributed by atoms with Crippen LogP contribution in [0.3, 0.4) is 0 Å². The summed E-state index contributed by atoms with van der Waals surface area (Å²) in [6.45, 7) is 0. The Hall–Kier alpha value is -3.28. The Kier molecular flexibility index (Phi) is 4.08. The molecule has 26 heavy (non-hydrogen) atoms. The summed E-state index contributed by atoms with van der Waals surface area (Å²) in [6.07, 6.45) is 2.85. The molecular weight excluding hydrogens is 328 g/mol. The SMILES string of the molecule is Cn1nc(C(=O)N/N=C2\CCCc3ccccc32)c2ccccc2c1=O. The third kappa shape index (κ3) is 2.79. The minimum absolute atomic E-state index is 0.191. The van der Waals surface area contributed by atoms with Crippen molar-refractivity contribution in [3.63, 3.8) is 0 Å². The van der Waals surface area contributed by atoms with Crippen molar-refractivity contribution < 1.29 is 4.79 Å². The van der Waals surface area contributed by atoms with Crippen molar-refractivity contribution in [1.82, 2.24) is 15.2 Å². The van der Waals surface area contributed by atoms with Gasteiger partial charge in [0.25, 0.3) is 11.5 Å². The lowest BCUT2D eigenvalue weighted by Gasteiger charge is -2.17. The Labute approximate surface area is 150 Å². The molecule has 0 saturated carbocycles. The van der Waals surface area contributed by atoms with Gasteiger partial charge in [-0.05, 0) is 30.9 Å². The van der Waals surface area contributed by atoms with Crippen molar-refractivity contribution in [2.45, 2.75) is 19.3 Å². The molecular formula is C20H18N4O2. The first-order valence-corrected chi connectivity index (χ1v) is 8.56. The number of carbonyl (C=O) groups is 1. The second-order valence-electron chi connectivity index (χ2n) is 6.33. The maximum absolute atomic E-state index is 12.7. The number of benzene rings is 2. The van der Waals surface area contributed by atoms with E-state index in [2.05, 4.69) is 21.7 Å². The molecule has 0 fully saturated rings. The molecule has 1 aromatic heterocycles. The van der Waals surface area contributed by atoms with E-state index in [-0.39, 0.29) is 11.3 Å². The monoisotopic (exact) mass is 346 g/mol. The zero-order valence-corrected chi connectivity index (χ0v) is 14.4. The van der Waals surface area contributed by atoms with Crippen LogP contribution in [0, 0.1) is 0 Å². The molecule has 1 N–H and O–H groups in total. The largest absolute Gasteiger partial charge is 0.292 e. The Morgan fingerprint density at radius 1 is 1.08 bits per heavy atom. The number of aromatic nitrogens is 2. The molecule has 0 bridgehead atoms. The Morgan fingerprint density at radius 3 is 2.65 bits per heavy atom. The van der Waals surface area contributed by atoms with Gasteiger partial charge in [0.1, 0.15) is 0 Å². The molecule has 0 unspecified atom stereocenters. The normalized spacial score (nSPS) is 15.0. The van der Waals surface area contributed by atoms with Crippen LogP contribution in [-0.4, -0.2) is 21.4 Å². The Morgan fingerprint density at radius 2 is 1.81 bits per heavy atom. The lowest BCUT2D eigenvalue weighted by molar-refractivity contribution is 0.0949. The molecule has 0 aliphatic heterocycles. The summed E-state index contributed by atoms with van der Waals surface area (Å²) < 4.78 is 1.18. The number of hydrazone groups is 1. The topological polar surface area (TPSA) is 76.3 Å². The molecule has 6 nitrogen and oxygen atoms in total. The van der Waals surface area contributed by atoms with Crippen LogP contribution in [0.15, 0.2) is 58.4 Å². The fraction of sp³-hybridized carbons (Fsp3) is 0.200. The van der Waals surface area contributed by atoms with Crippen molar-refractivity contribution >= 4 is 22.4 Å². The van der Waals surface area contributed by atoms with Crippen LogP contribution in [0.1, 0.15) is 34.5 Å². The van der Waals surface area contributed by atoms with Gasteiger partial charge in [0.15, 0.2) is 5.69 Å². The fourth-order valence-electron chi connectivity index (χ4n) is 3.36. The molecule has 6 heteroatoms. The highest BCUT2D eigenvalue weighted by Gasteiger charge is 2.18. The van der Waals surface area contributed by atoms with Crippen LogP contribution in [0.5, 0.6) is 0 Å². The molecule has 2 aromatic carbocycles. The van der Waals surface area contributed by atoms with E-state index in [1.54, 1.807) is 24.3 Å². The van der Waals surface area contributed by atoms with Gasteiger partial charge < -0.3 is 0 Å². The summed E-state index contributed by atoms with van der Waals surface area (Å²) in [4.78, 5) is 24.9. The quantitative estimate of drug-likeness (QED) is 0.724. The Bertz CT molecular complexity index is 1100. The maximum Gasteiger partial charge on any atom is 0.292 e. The smallest absolute Gasteiger partial charge is 0.267 e. The maximum atomic E-state index is 12.7. The van der Waals surface area contributed by atoms with E-state index < -0.39 is 5.91 Å². The second-order valence-corrected chi connectivity index (χ2v) is 6.33. The number of carbonyl (C=O) groups excluding carboxylic acids is 1. The van der Waals surface area contributed by atoms with Gasteiger partial charge in [-0.2, -0.15) is 10.2 Å². The molecule has 4 rings (SSSR count). The first kappa shape index (κ1) is 16.2. The minimum atomic E-state index is -0.424. The van der Waals surface area contributed by atoms with Crippen LogP contribution in [0.4, 0.5) is 0 Å². The summed E-state index contributed by atoms with van der Waals surface area (Å²) in [5.41, 5.74) is 5.78. The van der Waals surface area contributed by atoms with Crippen LogP contribution in [-0.2, 0) is 13.5 Å². The number of hydrogen-bond acceptors (Lipinski definition) is 4.